The van der Waals surface area contributed by atoms with Gasteiger partial charge in [0, 0.05) is 11.4 Å². The molecule has 0 unspecified atom stereocenters. The summed E-state index contributed by atoms with van der Waals surface area (Å²) in [4.78, 5) is 38.3. The second kappa shape index (κ2) is 5.65. The summed E-state index contributed by atoms with van der Waals surface area (Å²) >= 11 is 9.53. The zero-order valence-corrected chi connectivity index (χ0v) is 15.4. The van der Waals surface area contributed by atoms with Crippen molar-refractivity contribution in [3.8, 4) is 0 Å². The molecule has 3 heterocycles. The number of hydrogen-bond acceptors (Lipinski definition) is 5. The Balaban J connectivity index is 1.72. The zero-order valence-electron chi connectivity index (χ0n) is 13.1. The Morgan fingerprint density at radius 1 is 1.40 bits per heavy atom. The lowest BCUT2D eigenvalue weighted by molar-refractivity contribution is -0.150. The van der Waals surface area contributed by atoms with Crippen LogP contribution < -0.4 is 4.90 Å². The average Bonchev–Trinajstić information content (AvgIpc) is 3.18. The summed E-state index contributed by atoms with van der Waals surface area (Å²) in [6, 6.07) is 4.97. The highest BCUT2D eigenvalue weighted by molar-refractivity contribution is 9.10. The van der Waals surface area contributed by atoms with Crippen molar-refractivity contribution in [2.45, 2.75) is 18.6 Å². The number of rotatable bonds is 3. The summed E-state index contributed by atoms with van der Waals surface area (Å²) in [5.74, 6) is -2.57. The highest BCUT2D eigenvalue weighted by Gasteiger charge is 2.68. The third kappa shape index (κ3) is 2.37. The number of ether oxygens (including phenoxy) is 2. The molecule has 6 nitrogen and oxygen atoms in total. The molecule has 3 aliphatic heterocycles. The van der Waals surface area contributed by atoms with Crippen molar-refractivity contribution in [2.24, 2.45) is 11.8 Å². The molecule has 2 fully saturated rings. The molecule has 3 aliphatic rings. The number of benzene rings is 1. The van der Waals surface area contributed by atoms with E-state index in [1.807, 2.05) is 0 Å². The molecule has 25 heavy (non-hydrogen) atoms. The van der Waals surface area contributed by atoms with Gasteiger partial charge in [-0.3, -0.25) is 14.4 Å². The van der Waals surface area contributed by atoms with Crippen molar-refractivity contribution in [1.29, 1.82) is 0 Å². The predicted molar refractivity (Wildman–Crippen MR) is 92.0 cm³/mol. The van der Waals surface area contributed by atoms with E-state index in [9.17, 15) is 14.4 Å². The zero-order chi connectivity index (χ0) is 17.9. The Hall–Kier alpha value is -1.70. The van der Waals surface area contributed by atoms with Crippen molar-refractivity contribution in [2.75, 3.05) is 11.5 Å². The van der Waals surface area contributed by atoms with Crippen LogP contribution in [0.4, 0.5) is 5.69 Å². The molecule has 1 aromatic carbocycles. The van der Waals surface area contributed by atoms with Gasteiger partial charge in [-0.15, -0.1) is 0 Å². The van der Waals surface area contributed by atoms with Crippen molar-refractivity contribution in [3.05, 3.63) is 39.8 Å². The minimum absolute atomic E-state index is 0.0998. The minimum Gasteiger partial charge on any atom is -0.462 e. The minimum atomic E-state index is -1.09. The van der Waals surface area contributed by atoms with Crippen LogP contribution in [0.2, 0.25) is 5.02 Å². The van der Waals surface area contributed by atoms with Gasteiger partial charge in [0.2, 0.25) is 11.8 Å². The van der Waals surface area contributed by atoms with Gasteiger partial charge in [0.05, 0.1) is 28.6 Å². The largest absolute Gasteiger partial charge is 0.462 e. The number of carbonyl (C=O) groups is 3. The van der Waals surface area contributed by atoms with E-state index in [1.165, 1.54) is 6.92 Å². The van der Waals surface area contributed by atoms with Gasteiger partial charge in [-0.2, -0.15) is 0 Å². The maximum Gasteiger partial charge on any atom is 0.302 e. The Kier molecular flexibility index (Phi) is 3.79. The fourth-order valence-corrected chi connectivity index (χ4v) is 4.54. The van der Waals surface area contributed by atoms with Gasteiger partial charge < -0.3 is 9.47 Å². The fraction of sp³-hybridized carbons (Fsp3) is 0.353. The molecule has 0 N–H and O–H groups in total. The van der Waals surface area contributed by atoms with Crippen molar-refractivity contribution < 1.29 is 23.9 Å². The summed E-state index contributed by atoms with van der Waals surface area (Å²) in [6.45, 7) is 1.19. The first-order valence-corrected chi connectivity index (χ1v) is 8.84. The number of halogens is 2. The highest BCUT2D eigenvalue weighted by atomic mass is 79.9. The summed E-state index contributed by atoms with van der Waals surface area (Å²) in [5, 5.41) is 0.298. The Bertz CT molecular complexity index is 840. The van der Waals surface area contributed by atoms with Crippen LogP contribution in [-0.4, -0.2) is 36.1 Å². The van der Waals surface area contributed by atoms with Gasteiger partial charge in [-0.1, -0.05) is 33.6 Å². The van der Waals surface area contributed by atoms with Gasteiger partial charge in [0.25, 0.3) is 0 Å². The number of anilines is 1. The molecule has 4 rings (SSSR count). The standard InChI is InChI=1S/C17H13BrClNO5/c1-8(21)24-7-17-5-4-12(25-17)13-14(17)16(23)20(15(13)22)11-3-2-9(18)6-10(11)19/h2-6,12-14H,7H2,1H3/t12-,13+,14-,17-/m1/s1. The lowest BCUT2D eigenvalue weighted by Crippen LogP contribution is -2.44. The molecule has 0 aliphatic carbocycles. The van der Waals surface area contributed by atoms with Crippen LogP contribution in [0.15, 0.2) is 34.8 Å². The lowest BCUT2D eigenvalue weighted by atomic mass is 9.77. The highest BCUT2D eigenvalue weighted by Crippen LogP contribution is 2.53. The molecule has 0 aromatic heterocycles. The maximum atomic E-state index is 13.1. The quantitative estimate of drug-likeness (QED) is 0.422. The number of nitrogens with zero attached hydrogens (tertiary/aromatic N) is 1. The number of imide groups is 1. The molecule has 0 radical (unpaired) electrons. The van der Waals surface area contributed by atoms with Crippen molar-refractivity contribution in [1.82, 2.24) is 0 Å². The van der Waals surface area contributed by atoms with Crippen LogP contribution in [0.5, 0.6) is 0 Å². The second-order valence-electron chi connectivity index (χ2n) is 6.29. The molecule has 2 amide bonds. The number of fused-ring (bicyclic) bond motifs is 5. The molecule has 4 atom stereocenters. The maximum absolute atomic E-state index is 13.1. The Morgan fingerprint density at radius 2 is 2.16 bits per heavy atom. The Morgan fingerprint density at radius 3 is 2.84 bits per heavy atom. The third-order valence-corrected chi connectivity index (χ3v) is 5.60. The summed E-state index contributed by atoms with van der Waals surface area (Å²) in [7, 11) is 0. The van der Waals surface area contributed by atoms with Crippen molar-refractivity contribution >= 4 is 51.0 Å². The van der Waals surface area contributed by atoms with Crippen LogP contribution in [0.25, 0.3) is 0 Å². The molecular formula is C17H13BrClNO5. The molecule has 8 heteroatoms. The van der Waals surface area contributed by atoms with Gasteiger partial charge in [0.1, 0.15) is 12.2 Å². The number of esters is 1. The molecular weight excluding hydrogens is 414 g/mol. The lowest BCUT2D eigenvalue weighted by Gasteiger charge is -2.28. The van der Waals surface area contributed by atoms with Crippen molar-refractivity contribution in [3.63, 3.8) is 0 Å². The van der Waals surface area contributed by atoms with Gasteiger partial charge in [-0.25, -0.2) is 4.90 Å². The second-order valence-corrected chi connectivity index (χ2v) is 7.61. The van der Waals surface area contributed by atoms with E-state index in [0.717, 1.165) is 9.37 Å². The number of hydrogen-bond donors (Lipinski definition) is 0. The van der Waals surface area contributed by atoms with Crippen LogP contribution in [0.3, 0.4) is 0 Å². The van der Waals surface area contributed by atoms with E-state index < -0.39 is 35.4 Å². The fourth-order valence-electron chi connectivity index (χ4n) is 3.78. The molecule has 2 bridgehead atoms. The first-order chi connectivity index (χ1) is 11.8. The summed E-state index contributed by atoms with van der Waals surface area (Å²) < 4.78 is 11.7. The monoisotopic (exact) mass is 425 g/mol. The molecule has 0 saturated carbocycles. The van der Waals surface area contributed by atoms with Gasteiger partial charge in [0.15, 0.2) is 0 Å². The van der Waals surface area contributed by atoms with E-state index in [2.05, 4.69) is 15.9 Å². The molecule has 2 saturated heterocycles. The van der Waals surface area contributed by atoms with Gasteiger partial charge >= 0.3 is 5.97 Å². The SMILES string of the molecule is CC(=O)OC[C@@]12C=C[C@@H](O1)[C@@H]1C(=O)N(c3ccc(Br)cc3Cl)C(=O)[C@@H]12. The van der Waals surface area contributed by atoms with Crippen LogP contribution in [0.1, 0.15) is 6.92 Å². The van der Waals surface area contributed by atoms with Crippen LogP contribution in [0, 0.1) is 11.8 Å². The van der Waals surface area contributed by atoms with Gasteiger partial charge in [-0.05, 0) is 24.3 Å². The summed E-state index contributed by atoms with van der Waals surface area (Å²) in [6.07, 6.45) is 2.97. The third-order valence-electron chi connectivity index (χ3n) is 4.81. The predicted octanol–water partition coefficient (Wildman–Crippen LogP) is 2.48. The number of carbonyl (C=O) groups excluding carboxylic acids is 3. The van der Waals surface area contributed by atoms with E-state index in [1.54, 1.807) is 30.4 Å². The normalized spacial score (nSPS) is 32.4. The first kappa shape index (κ1) is 16.8. The van der Waals surface area contributed by atoms with E-state index in [4.69, 9.17) is 21.1 Å². The van der Waals surface area contributed by atoms with E-state index in [0.29, 0.717) is 10.7 Å². The molecule has 1 aromatic rings. The average molecular weight is 427 g/mol. The topological polar surface area (TPSA) is 72.9 Å². The van der Waals surface area contributed by atoms with E-state index in [-0.39, 0.29) is 12.5 Å². The Labute approximate surface area is 156 Å². The smallest absolute Gasteiger partial charge is 0.302 e. The number of amides is 2. The van der Waals surface area contributed by atoms with Crippen LogP contribution in [-0.2, 0) is 23.9 Å². The van der Waals surface area contributed by atoms with E-state index >= 15 is 0 Å². The molecule has 130 valence electrons. The summed E-state index contributed by atoms with van der Waals surface area (Å²) in [5.41, 5.74) is -0.749. The first-order valence-electron chi connectivity index (χ1n) is 7.67. The van der Waals surface area contributed by atoms with Crippen LogP contribution >= 0.6 is 27.5 Å². The molecule has 0 spiro atoms.